The number of aromatic nitrogens is 1. The average Bonchev–Trinajstić information content (AvgIpc) is 3.04. The van der Waals surface area contributed by atoms with Crippen molar-refractivity contribution in [2.24, 2.45) is 0 Å². The number of nitrogens with zero attached hydrogens (tertiary/aromatic N) is 1. The van der Waals surface area contributed by atoms with E-state index >= 15 is 0 Å². The minimum absolute atomic E-state index is 0.199. The first kappa shape index (κ1) is 12.7. The van der Waals surface area contributed by atoms with Gasteiger partial charge in [-0.3, -0.25) is 20.4 Å². The molecule has 2 heterocycles. The molecular formula is C11H10ClN3O2S. The molecule has 2 aromatic rings. The summed E-state index contributed by atoms with van der Waals surface area (Å²) in [6, 6.07) is 5.58. The van der Waals surface area contributed by atoms with E-state index in [2.05, 4.69) is 10.9 Å². The van der Waals surface area contributed by atoms with Crippen molar-refractivity contribution in [1.82, 2.24) is 15.4 Å². The molecule has 0 aliphatic carbocycles. The Labute approximate surface area is 112 Å². The summed E-state index contributed by atoms with van der Waals surface area (Å²) in [4.78, 5) is 23.3. The molecule has 0 aliphatic rings. The van der Waals surface area contributed by atoms with Crippen molar-refractivity contribution in [3.05, 3.63) is 40.8 Å². The van der Waals surface area contributed by atoms with E-state index in [-0.39, 0.29) is 11.8 Å². The number of hydrogen-bond acceptors (Lipinski definition) is 3. The first-order valence-corrected chi connectivity index (χ1v) is 6.50. The summed E-state index contributed by atoms with van der Waals surface area (Å²) in [5.74, 6) is -1.02. The molecule has 0 aliphatic heterocycles. The van der Waals surface area contributed by atoms with Crippen LogP contribution in [0, 0.1) is 0 Å². The molecule has 94 valence electrons. The Morgan fingerprint density at radius 1 is 1.28 bits per heavy atom. The van der Waals surface area contributed by atoms with Gasteiger partial charge in [0.1, 0.15) is 10.8 Å². The van der Waals surface area contributed by atoms with E-state index in [1.807, 2.05) is 40.5 Å². The van der Waals surface area contributed by atoms with Crippen LogP contribution < -0.4 is 10.9 Å². The Kier molecular flexibility index (Phi) is 4.01. The quantitative estimate of drug-likeness (QED) is 0.663. The summed E-state index contributed by atoms with van der Waals surface area (Å²) in [5, 5.41) is 1.81. The summed E-state index contributed by atoms with van der Waals surface area (Å²) in [6.07, 6.45) is 3.69. The SMILES string of the molecule is O=C(CCl)NNC(=O)c1sccc1-n1cccc1. The van der Waals surface area contributed by atoms with E-state index < -0.39 is 5.91 Å². The van der Waals surface area contributed by atoms with E-state index in [1.54, 1.807) is 0 Å². The van der Waals surface area contributed by atoms with Crippen LogP contribution >= 0.6 is 22.9 Å². The largest absolute Gasteiger partial charge is 0.322 e. The molecule has 0 radical (unpaired) electrons. The van der Waals surface area contributed by atoms with Gasteiger partial charge in [0.25, 0.3) is 11.8 Å². The zero-order valence-corrected chi connectivity index (χ0v) is 10.8. The topological polar surface area (TPSA) is 63.1 Å². The third kappa shape index (κ3) is 2.72. The van der Waals surface area contributed by atoms with Gasteiger partial charge in [0.05, 0.1) is 5.69 Å². The monoisotopic (exact) mass is 283 g/mol. The third-order valence-corrected chi connectivity index (χ3v) is 3.32. The third-order valence-electron chi connectivity index (χ3n) is 2.17. The van der Waals surface area contributed by atoms with Gasteiger partial charge in [0.15, 0.2) is 0 Å². The summed E-state index contributed by atoms with van der Waals surface area (Å²) >= 11 is 6.61. The minimum atomic E-state index is -0.455. The predicted molar refractivity (Wildman–Crippen MR) is 70.0 cm³/mol. The van der Waals surface area contributed by atoms with Gasteiger partial charge in [0, 0.05) is 12.4 Å². The van der Waals surface area contributed by atoms with Crippen LogP contribution in [-0.4, -0.2) is 22.3 Å². The maximum atomic E-state index is 11.9. The van der Waals surface area contributed by atoms with Crippen LogP contribution in [0.15, 0.2) is 36.0 Å². The minimum Gasteiger partial charge on any atom is -0.322 e. The van der Waals surface area contributed by atoms with Crippen molar-refractivity contribution >= 4 is 34.8 Å². The number of amides is 2. The molecular weight excluding hydrogens is 274 g/mol. The zero-order valence-electron chi connectivity index (χ0n) is 9.22. The van der Waals surface area contributed by atoms with Crippen molar-refractivity contribution in [2.45, 2.75) is 0 Å². The second-order valence-electron chi connectivity index (χ2n) is 3.36. The van der Waals surface area contributed by atoms with Gasteiger partial charge in [-0.1, -0.05) is 0 Å². The molecule has 2 amide bonds. The number of thiophene rings is 1. The Balaban J connectivity index is 2.12. The first-order valence-electron chi connectivity index (χ1n) is 5.08. The van der Waals surface area contributed by atoms with Crippen LogP contribution in [0.5, 0.6) is 0 Å². The number of hydrogen-bond donors (Lipinski definition) is 2. The molecule has 0 aromatic carbocycles. The first-order chi connectivity index (χ1) is 8.72. The molecule has 2 N–H and O–H groups in total. The Morgan fingerprint density at radius 3 is 2.67 bits per heavy atom. The van der Waals surface area contributed by atoms with Crippen LogP contribution in [0.4, 0.5) is 0 Å². The zero-order chi connectivity index (χ0) is 13.0. The fourth-order valence-corrected chi connectivity index (χ4v) is 2.24. The molecule has 0 fully saturated rings. The van der Waals surface area contributed by atoms with E-state index in [1.165, 1.54) is 11.3 Å². The van der Waals surface area contributed by atoms with E-state index in [0.29, 0.717) is 4.88 Å². The molecule has 2 aromatic heterocycles. The number of carbonyl (C=O) groups excluding carboxylic acids is 2. The highest BCUT2D eigenvalue weighted by Crippen LogP contribution is 2.20. The van der Waals surface area contributed by atoms with Crippen LogP contribution in [0.3, 0.4) is 0 Å². The summed E-state index contributed by atoms with van der Waals surface area (Å²) in [6.45, 7) is 0. The van der Waals surface area contributed by atoms with E-state index in [0.717, 1.165) is 5.69 Å². The second kappa shape index (κ2) is 5.70. The number of halogens is 1. The highest BCUT2D eigenvalue weighted by atomic mass is 35.5. The number of alkyl halides is 1. The van der Waals surface area contributed by atoms with Crippen LogP contribution in [0.1, 0.15) is 9.67 Å². The van der Waals surface area contributed by atoms with Gasteiger partial charge in [-0.25, -0.2) is 0 Å². The molecule has 2 rings (SSSR count). The molecule has 18 heavy (non-hydrogen) atoms. The molecule has 0 saturated heterocycles. The molecule has 0 bridgehead atoms. The molecule has 0 atom stereocenters. The van der Waals surface area contributed by atoms with Crippen LogP contribution in [-0.2, 0) is 4.79 Å². The van der Waals surface area contributed by atoms with Crippen LogP contribution in [0.2, 0.25) is 0 Å². The van der Waals surface area contributed by atoms with Crippen molar-refractivity contribution < 1.29 is 9.59 Å². The Bertz CT molecular complexity index is 550. The van der Waals surface area contributed by atoms with Gasteiger partial charge >= 0.3 is 0 Å². The summed E-state index contributed by atoms with van der Waals surface area (Å²) < 4.78 is 1.83. The second-order valence-corrected chi connectivity index (χ2v) is 4.54. The molecule has 0 spiro atoms. The maximum Gasteiger partial charge on any atom is 0.281 e. The molecule has 0 saturated carbocycles. The smallest absolute Gasteiger partial charge is 0.281 e. The highest BCUT2D eigenvalue weighted by molar-refractivity contribution is 7.12. The van der Waals surface area contributed by atoms with Gasteiger partial charge in [-0.2, -0.15) is 0 Å². The van der Waals surface area contributed by atoms with Crippen molar-refractivity contribution in [3.8, 4) is 5.69 Å². The van der Waals surface area contributed by atoms with Crippen molar-refractivity contribution in [1.29, 1.82) is 0 Å². The number of hydrazine groups is 1. The number of carbonyl (C=O) groups is 2. The lowest BCUT2D eigenvalue weighted by molar-refractivity contribution is -0.119. The van der Waals surface area contributed by atoms with Crippen molar-refractivity contribution in [3.63, 3.8) is 0 Å². The fourth-order valence-electron chi connectivity index (χ4n) is 1.39. The number of rotatable bonds is 3. The van der Waals surface area contributed by atoms with Gasteiger partial charge in [-0.15, -0.1) is 22.9 Å². The average molecular weight is 284 g/mol. The standard InChI is InChI=1S/C11H10ClN3O2S/c12-7-9(16)13-14-11(17)10-8(3-6-18-10)15-4-1-2-5-15/h1-6H,7H2,(H,13,16)(H,14,17). The lowest BCUT2D eigenvalue weighted by atomic mass is 10.3. The van der Waals surface area contributed by atoms with Gasteiger partial charge in [0.2, 0.25) is 0 Å². The van der Waals surface area contributed by atoms with Crippen molar-refractivity contribution in [2.75, 3.05) is 5.88 Å². The molecule has 0 unspecified atom stereocenters. The Morgan fingerprint density at radius 2 is 2.00 bits per heavy atom. The van der Waals surface area contributed by atoms with E-state index in [9.17, 15) is 9.59 Å². The predicted octanol–water partition coefficient (Wildman–Crippen LogP) is 1.54. The molecule has 7 heteroatoms. The lowest BCUT2D eigenvalue weighted by Crippen LogP contribution is -2.42. The summed E-state index contributed by atoms with van der Waals surface area (Å²) in [5.41, 5.74) is 5.30. The fraction of sp³-hybridized carbons (Fsp3) is 0.0909. The van der Waals surface area contributed by atoms with Gasteiger partial charge in [-0.05, 0) is 23.6 Å². The van der Waals surface area contributed by atoms with E-state index in [4.69, 9.17) is 11.6 Å². The highest BCUT2D eigenvalue weighted by Gasteiger charge is 2.14. The lowest BCUT2D eigenvalue weighted by Gasteiger charge is -2.07. The Hall–Kier alpha value is -1.79. The normalized spacial score (nSPS) is 10.1. The summed E-state index contributed by atoms with van der Waals surface area (Å²) in [7, 11) is 0. The van der Waals surface area contributed by atoms with Gasteiger partial charge < -0.3 is 4.57 Å². The maximum absolute atomic E-state index is 11.9. The molecule has 5 nitrogen and oxygen atoms in total. The number of nitrogens with one attached hydrogen (secondary N) is 2. The van der Waals surface area contributed by atoms with Crippen LogP contribution in [0.25, 0.3) is 5.69 Å².